The second-order valence-corrected chi connectivity index (χ2v) is 6.89. The third-order valence-electron chi connectivity index (χ3n) is 3.94. The minimum absolute atomic E-state index is 0.310. The highest BCUT2D eigenvalue weighted by atomic mass is 32.1. The van der Waals surface area contributed by atoms with Crippen LogP contribution in [0, 0.1) is 5.92 Å². The number of esters is 1. The molecule has 1 aromatic rings. The fourth-order valence-corrected chi connectivity index (χ4v) is 3.64. The van der Waals surface area contributed by atoms with Crippen LogP contribution in [-0.4, -0.2) is 30.1 Å². The average molecular weight is 310 g/mol. The molecule has 0 bridgehead atoms. The molecule has 1 aromatic heterocycles. The topological polar surface area (TPSA) is 42.4 Å². The molecule has 1 saturated carbocycles. The van der Waals surface area contributed by atoms with E-state index in [-0.39, 0.29) is 5.97 Å². The Bertz CT molecular complexity index is 453. The van der Waals surface area contributed by atoms with Gasteiger partial charge in [0, 0.05) is 18.0 Å². The van der Waals surface area contributed by atoms with Crippen LogP contribution >= 0.6 is 11.3 Å². The van der Waals surface area contributed by atoms with Crippen molar-refractivity contribution in [3.05, 3.63) is 11.1 Å². The number of ether oxygens (including phenoxy) is 1. The average Bonchev–Trinajstić information content (AvgIpc) is 3.10. The smallest absolute Gasteiger partial charge is 0.357 e. The first-order chi connectivity index (χ1) is 10.1. The highest BCUT2D eigenvalue weighted by Crippen LogP contribution is 2.31. The maximum atomic E-state index is 11.8. The molecule has 0 spiro atoms. The van der Waals surface area contributed by atoms with Crippen LogP contribution in [0.25, 0.3) is 0 Å². The molecule has 21 heavy (non-hydrogen) atoms. The van der Waals surface area contributed by atoms with Crippen LogP contribution in [0.1, 0.15) is 63.4 Å². The number of aromatic nitrogens is 1. The van der Waals surface area contributed by atoms with E-state index in [2.05, 4.69) is 23.7 Å². The van der Waals surface area contributed by atoms with Gasteiger partial charge in [-0.2, -0.15) is 0 Å². The quantitative estimate of drug-likeness (QED) is 0.711. The molecule has 1 heterocycles. The summed E-state index contributed by atoms with van der Waals surface area (Å²) in [5.74, 6) is 0.369. The molecule has 1 fully saturated rings. The van der Waals surface area contributed by atoms with Crippen LogP contribution in [0.4, 0.5) is 5.13 Å². The van der Waals surface area contributed by atoms with Gasteiger partial charge in [0.05, 0.1) is 6.61 Å². The Hall–Kier alpha value is -1.10. The summed E-state index contributed by atoms with van der Waals surface area (Å²) in [6.07, 6.45) is 6.25. The first-order valence-electron chi connectivity index (χ1n) is 8.01. The van der Waals surface area contributed by atoms with E-state index < -0.39 is 0 Å². The van der Waals surface area contributed by atoms with Gasteiger partial charge in [0.2, 0.25) is 0 Å². The van der Waals surface area contributed by atoms with Crippen molar-refractivity contribution in [2.24, 2.45) is 5.92 Å². The zero-order valence-electron chi connectivity index (χ0n) is 13.3. The van der Waals surface area contributed by atoms with Gasteiger partial charge in [-0.15, -0.1) is 11.3 Å². The highest BCUT2D eigenvalue weighted by Gasteiger charge is 2.25. The van der Waals surface area contributed by atoms with E-state index in [1.807, 2.05) is 12.3 Å². The standard InChI is InChI=1S/C16H26N2O2S/c1-4-20-15(19)14-11-21-16(17-14)18(10-9-12(2)3)13-7-5-6-8-13/h11-13H,4-10H2,1-3H3. The van der Waals surface area contributed by atoms with Crippen molar-refractivity contribution >= 4 is 22.4 Å². The molecule has 1 aliphatic carbocycles. The predicted molar refractivity (Wildman–Crippen MR) is 87.1 cm³/mol. The Labute approximate surface area is 131 Å². The van der Waals surface area contributed by atoms with Crippen LogP contribution in [0.2, 0.25) is 0 Å². The molecule has 1 aliphatic rings. The molecule has 0 amide bonds. The van der Waals surface area contributed by atoms with Gasteiger partial charge in [-0.25, -0.2) is 9.78 Å². The minimum atomic E-state index is -0.310. The van der Waals surface area contributed by atoms with Crippen molar-refractivity contribution in [2.75, 3.05) is 18.1 Å². The van der Waals surface area contributed by atoms with Gasteiger partial charge >= 0.3 is 5.97 Å². The van der Waals surface area contributed by atoms with Crippen molar-refractivity contribution in [1.82, 2.24) is 4.98 Å². The van der Waals surface area contributed by atoms with Crippen LogP contribution in [0.5, 0.6) is 0 Å². The zero-order chi connectivity index (χ0) is 15.2. The number of thiazole rings is 1. The van der Waals surface area contributed by atoms with Crippen molar-refractivity contribution in [3.63, 3.8) is 0 Å². The fraction of sp³-hybridized carbons (Fsp3) is 0.750. The van der Waals surface area contributed by atoms with E-state index in [9.17, 15) is 4.79 Å². The van der Waals surface area contributed by atoms with Gasteiger partial charge in [-0.1, -0.05) is 26.7 Å². The predicted octanol–water partition coefficient (Wildman–Crippen LogP) is 4.11. The lowest BCUT2D eigenvalue weighted by Gasteiger charge is -2.29. The van der Waals surface area contributed by atoms with E-state index in [0.717, 1.165) is 18.1 Å². The molecule has 2 rings (SSSR count). The summed E-state index contributed by atoms with van der Waals surface area (Å²) >= 11 is 1.56. The number of hydrogen-bond donors (Lipinski definition) is 0. The Morgan fingerprint density at radius 2 is 2.19 bits per heavy atom. The maximum Gasteiger partial charge on any atom is 0.357 e. The number of hydrogen-bond acceptors (Lipinski definition) is 5. The van der Waals surface area contributed by atoms with Gasteiger partial charge in [0.25, 0.3) is 0 Å². The van der Waals surface area contributed by atoms with Gasteiger partial charge in [-0.05, 0) is 32.1 Å². The highest BCUT2D eigenvalue weighted by molar-refractivity contribution is 7.13. The SMILES string of the molecule is CCOC(=O)c1csc(N(CCC(C)C)C2CCCC2)n1. The summed E-state index contributed by atoms with van der Waals surface area (Å²) in [5.41, 5.74) is 0.449. The number of nitrogens with zero attached hydrogens (tertiary/aromatic N) is 2. The molecule has 0 atom stereocenters. The summed E-state index contributed by atoms with van der Waals surface area (Å²) in [6, 6.07) is 0.588. The Balaban J connectivity index is 2.10. The van der Waals surface area contributed by atoms with Crippen molar-refractivity contribution in [1.29, 1.82) is 0 Å². The van der Waals surface area contributed by atoms with Crippen molar-refractivity contribution < 1.29 is 9.53 Å². The van der Waals surface area contributed by atoms with E-state index in [4.69, 9.17) is 4.74 Å². The van der Waals surface area contributed by atoms with Crippen molar-refractivity contribution in [3.8, 4) is 0 Å². The minimum Gasteiger partial charge on any atom is -0.461 e. The lowest BCUT2D eigenvalue weighted by Crippen LogP contribution is -2.34. The summed E-state index contributed by atoms with van der Waals surface area (Å²) < 4.78 is 5.03. The van der Waals surface area contributed by atoms with E-state index in [1.165, 1.54) is 25.7 Å². The molecule has 0 saturated heterocycles. The number of rotatable bonds is 7. The van der Waals surface area contributed by atoms with Crippen LogP contribution in [0.15, 0.2) is 5.38 Å². The molecule has 5 heteroatoms. The molecule has 0 radical (unpaired) electrons. The normalized spacial score (nSPS) is 15.6. The lowest BCUT2D eigenvalue weighted by atomic mass is 10.1. The van der Waals surface area contributed by atoms with Crippen LogP contribution < -0.4 is 4.90 Å². The maximum absolute atomic E-state index is 11.8. The summed E-state index contributed by atoms with van der Waals surface area (Å²) in [7, 11) is 0. The lowest BCUT2D eigenvalue weighted by molar-refractivity contribution is 0.0520. The van der Waals surface area contributed by atoms with E-state index >= 15 is 0 Å². The van der Waals surface area contributed by atoms with Crippen LogP contribution in [0.3, 0.4) is 0 Å². The number of carbonyl (C=O) groups excluding carboxylic acids is 1. The largest absolute Gasteiger partial charge is 0.461 e. The fourth-order valence-electron chi connectivity index (χ4n) is 2.74. The zero-order valence-corrected chi connectivity index (χ0v) is 14.1. The van der Waals surface area contributed by atoms with Crippen molar-refractivity contribution in [2.45, 2.75) is 58.9 Å². The second kappa shape index (κ2) is 7.78. The van der Waals surface area contributed by atoms with Gasteiger partial charge in [0.1, 0.15) is 0 Å². The molecule has 0 N–H and O–H groups in total. The van der Waals surface area contributed by atoms with Crippen LogP contribution in [-0.2, 0) is 4.74 Å². The second-order valence-electron chi connectivity index (χ2n) is 6.05. The van der Waals surface area contributed by atoms with E-state index in [1.54, 1.807) is 11.3 Å². The molecule has 4 nitrogen and oxygen atoms in total. The van der Waals surface area contributed by atoms with Gasteiger partial charge < -0.3 is 9.64 Å². The number of carbonyl (C=O) groups is 1. The number of anilines is 1. The third-order valence-corrected chi connectivity index (χ3v) is 4.81. The third kappa shape index (κ3) is 4.43. The monoisotopic (exact) mass is 310 g/mol. The molecule has 118 valence electrons. The van der Waals surface area contributed by atoms with Gasteiger partial charge in [0.15, 0.2) is 10.8 Å². The summed E-state index contributed by atoms with van der Waals surface area (Å²) in [6.45, 7) is 7.74. The molecular weight excluding hydrogens is 284 g/mol. The Morgan fingerprint density at radius 3 is 2.81 bits per heavy atom. The Kier molecular flexibility index (Phi) is 6.03. The molecule has 0 aromatic carbocycles. The Morgan fingerprint density at radius 1 is 1.48 bits per heavy atom. The molecule has 0 unspecified atom stereocenters. The molecule has 0 aliphatic heterocycles. The summed E-state index contributed by atoms with van der Waals surface area (Å²) in [4.78, 5) is 18.7. The van der Waals surface area contributed by atoms with E-state index in [0.29, 0.717) is 24.3 Å². The first-order valence-corrected chi connectivity index (χ1v) is 8.89. The van der Waals surface area contributed by atoms with Gasteiger partial charge in [-0.3, -0.25) is 0 Å². The summed E-state index contributed by atoms with van der Waals surface area (Å²) in [5, 5.41) is 2.80. The first kappa shape index (κ1) is 16.3. The molecular formula is C16H26N2O2S.